The number of allylic oxidation sites excluding steroid dienone is 1. The molecule has 1 spiro atoms. The Kier molecular flexibility index (Phi) is 9.22. The number of aliphatic hydroxyl groups is 6. The molecule has 3 saturated carbocycles. The van der Waals surface area contributed by atoms with Crippen LogP contribution in [0.15, 0.2) is 23.8 Å². The Morgan fingerprint density at radius 3 is 2.42 bits per heavy atom. The van der Waals surface area contributed by atoms with Crippen LogP contribution >= 0.6 is 0 Å². The molecule has 0 radical (unpaired) electrons. The van der Waals surface area contributed by atoms with Crippen molar-refractivity contribution in [3.63, 3.8) is 0 Å². The van der Waals surface area contributed by atoms with E-state index in [1.807, 2.05) is 0 Å². The first kappa shape index (κ1) is 36.0. The highest BCUT2D eigenvalue weighted by Gasteiger charge is 2.69. The summed E-state index contributed by atoms with van der Waals surface area (Å²) in [5.74, 6) is 1.34. The summed E-state index contributed by atoms with van der Waals surface area (Å²) in [7, 11) is 0. The van der Waals surface area contributed by atoms with Crippen molar-refractivity contribution < 1.29 is 59.1 Å². The van der Waals surface area contributed by atoms with Gasteiger partial charge in [0.15, 0.2) is 18.4 Å². The molecule has 4 heterocycles. The van der Waals surface area contributed by atoms with Crippen LogP contribution in [0.2, 0.25) is 0 Å². The summed E-state index contributed by atoms with van der Waals surface area (Å²) >= 11 is 0. The Morgan fingerprint density at radius 2 is 1.68 bits per heavy atom. The van der Waals surface area contributed by atoms with E-state index < -0.39 is 78.7 Å². The van der Waals surface area contributed by atoms with E-state index in [4.69, 9.17) is 28.4 Å². The summed E-state index contributed by atoms with van der Waals surface area (Å²) in [5, 5.41) is 64.1. The van der Waals surface area contributed by atoms with Crippen molar-refractivity contribution >= 4 is 0 Å². The summed E-state index contributed by atoms with van der Waals surface area (Å²) < 4.78 is 37.9. The normalized spacial score (nSPS) is 57.8. The van der Waals surface area contributed by atoms with E-state index in [-0.39, 0.29) is 24.0 Å². The van der Waals surface area contributed by atoms with Crippen molar-refractivity contribution in [3.8, 4) is 0 Å². The number of rotatable bonds is 4. The van der Waals surface area contributed by atoms with Crippen LogP contribution in [0, 0.1) is 40.4 Å². The molecule has 12 nitrogen and oxygen atoms in total. The van der Waals surface area contributed by atoms with Gasteiger partial charge in [-0.05, 0) is 74.5 Å². The molecule has 0 aromatic carbocycles. The quantitative estimate of drug-likeness (QED) is 0.235. The highest BCUT2D eigenvalue weighted by Crippen LogP contribution is 2.71. The molecule has 282 valence electrons. The van der Waals surface area contributed by atoms with Crippen LogP contribution in [0.5, 0.6) is 0 Å². The van der Waals surface area contributed by atoms with Crippen LogP contribution in [0.3, 0.4) is 0 Å². The minimum absolute atomic E-state index is 0.112. The fourth-order valence-electron chi connectivity index (χ4n) is 12.2. The molecule has 50 heavy (non-hydrogen) atoms. The zero-order valence-electron chi connectivity index (χ0n) is 29.8. The summed E-state index contributed by atoms with van der Waals surface area (Å²) in [6.45, 7) is 13.1. The number of aliphatic hydroxyl groups excluding tert-OH is 6. The smallest absolute Gasteiger partial charge is 0.187 e. The molecule has 0 amide bonds. The minimum atomic E-state index is -1.61. The van der Waals surface area contributed by atoms with Gasteiger partial charge in [-0.1, -0.05) is 44.6 Å². The molecule has 12 heteroatoms. The van der Waals surface area contributed by atoms with Gasteiger partial charge in [-0.2, -0.15) is 0 Å². The first-order valence-electron chi connectivity index (χ1n) is 19.0. The van der Waals surface area contributed by atoms with Gasteiger partial charge in [-0.25, -0.2) is 0 Å². The van der Waals surface area contributed by atoms with Crippen LogP contribution in [0.4, 0.5) is 0 Å². The summed E-state index contributed by atoms with van der Waals surface area (Å²) in [6.07, 6.45) is -3.73. The molecule has 7 fully saturated rings. The van der Waals surface area contributed by atoms with Crippen molar-refractivity contribution in [1.29, 1.82) is 0 Å². The molecule has 8 rings (SSSR count). The molecule has 4 aliphatic carbocycles. The fraction of sp³-hybridized carbons (Fsp3) is 0.895. The zero-order valence-corrected chi connectivity index (χ0v) is 29.8. The standard InChI is InChI=1S/C38H58O12/c1-17-8-11-38(46-15-17)18(2)28-26(50-38)14-24-22-7-6-20-12-21(39)13-27(37(20,5)23(22)9-10-36(24,28)4)48-35-33(30(42)25(40)16-45-35)49-34-32(44)31(43)29(41)19(3)47-34/h6,18-19,21-35,39-44H,1,7-16H2,2-5H3/t18-,19-,21+,22+,23-,24-,25-,26-,27+,28-,29-,30-,31+,32+,33+,34-,35-,36-,37-,38+/m0/s1. The lowest BCUT2D eigenvalue weighted by Crippen LogP contribution is -2.63. The Balaban J connectivity index is 1.04. The molecule has 4 aliphatic heterocycles. The second-order valence-electron chi connectivity index (χ2n) is 17.5. The van der Waals surface area contributed by atoms with Crippen molar-refractivity contribution in [2.75, 3.05) is 13.2 Å². The summed E-state index contributed by atoms with van der Waals surface area (Å²) in [5.41, 5.74) is 2.01. The maximum atomic E-state index is 11.1. The van der Waals surface area contributed by atoms with E-state index in [0.29, 0.717) is 43.1 Å². The molecule has 6 N–H and O–H groups in total. The number of fused-ring (bicyclic) bond motifs is 7. The van der Waals surface area contributed by atoms with Crippen LogP contribution < -0.4 is 0 Å². The number of hydrogen-bond acceptors (Lipinski definition) is 12. The first-order valence-corrected chi connectivity index (χ1v) is 19.0. The Labute approximate surface area is 294 Å². The largest absolute Gasteiger partial charge is 0.393 e. The van der Waals surface area contributed by atoms with Crippen molar-refractivity contribution in [2.24, 2.45) is 40.4 Å². The Hall–Kier alpha value is -1.00. The van der Waals surface area contributed by atoms with Gasteiger partial charge in [0, 0.05) is 24.2 Å². The summed E-state index contributed by atoms with van der Waals surface area (Å²) in [6, 6.07) is 0. The second-order valence-corrected chi connectivity index (χ2v) is 17.5. The van der Waals surface area contributed by atoms with Gasteiger partial charge in [0.25, 0.3) is 0 Å². The Morgan fingerprint density at radius 1 is 0.900 bits per heavy atom. The molecule has 0 unspecified atom stereocenters. The van der Waals surface area contributed by atoms with Gasteiger partial charge < -0.3 is 59.1 Å². The van der Waals surface area contributed by atoms with Gasteiger partial charge in [0.05, 0.1) is 37.6 Å². The Bertz CT molecular complexity index is 1330. The van der Waals surface area contributed by atoms with E-state index in [0.717, 1.165) is 44.1 Å². The van der Waals surface area contributed by atoms with Gasteiger partial charge in [0.1, 0.15) is 36.6 Å². The highest BCUT2D eigenvalue weighted by molar-refractivity contribution is 5.29. The molecule has 8 aliphatic rings. The second kappa shape index (κ2) is 12.8. The summed E-state index contributed by atoms with van der Waals surface area (Å²) in [4.78, 5) is 0. The molecule has 4 saturated heterocycles. The maximum Gasteiger partial charge on any atom is 0.187 e. The molecule has 20 atom stereocenters. The molecule has 0 bridgehead atoms. The predicted molar refractivity (Wildman–Crippen MR) is 177 cm³/mol. The fourth-order valence-corrected chi connectivity index (χ4v) is 12.2. The zero-order chi connectivity index (χ0) is 35.5. The van der Waals surface area contributed by atoms with E-state index >= 15 is 0 Å². The van der Waals surface area contributed by atoms with Gasteiger partial charge in [-0.3, -0.25) is 0 Å². The minimum Gasteiger partial charge on any atom is -0.393 e. The van der Waals surface area contributed by atoms with Crippen molar-refractivity contribution in [2.45, 2.75) is 158 Å². The van der Waals surface area contributed by atoms with Gasteiger partial charge in [-0.15, -0.1) is 0 Å². The molecular formula is C38H58O12. The van der Waals surface area contributed by atoms with Crippen LogP contribution in [-0.4, -0.2) is 123 Å². The maximum absolute atomic E-state index is 11.1. The SMILES string of the molecule is C=C1CC[C@@]2(OC1)O[C@H]1C[C@H]3[C@@H]4CC=C5C[C@@H](O)C[C@@H](O[C@@H]6OC[C@H](O)[C@H](O)[C@H]6O[C@@H]6O[C@@H](C)[C@H](O)[C@@H](O)[C@H]6O)[C@]5(C)[C@H]4CC[C@]3(C)[C@H]1[C@@H]2C. The third-order valence-electron chi connectivity index (χ3n) is 15.0. The number of ether oxygens (including phenoxy) is 6. The molecule has 0 aromatic heterocycles. The lowest BCUT2D eigenvalue weighted by atomic mass is 9.46. The van der Waals surface area contributed by atoms with Gasteiger partial charge in [0.2, 0.25) is 0 Å². The van der Waals surface area contributed by atoms with E-state index in [9.17, 15) is 30.6 Å². The number of hydrogen-bond donors (Lipinski definition) is 6. The average Bonchev–Trinajstić information content (AvgIpc) is 3.53. The van der Waals surface area contributed by atoms with E-state index in [1.54, 1.807) is 6.92 Å². The lowest BCUT2D eigenvalue weighted by Gasteiger charge is -2.60. The average molecular weight is 707 g/mol. The molecule has 0 aromatic rings. The lowest BCUT2D eigenvalue weighted by molar-refractivity contribution is -0.362. The first-order chi connectivity index (χ1) is 23.7. The third-order valence-corrected chi connectivity index (χ3v) is 15.0. The highest BCUT2D eigenvalue weighted by atomic mass is 16.8. The monoisotopic (exact) mass is 706 g/mol. The van der Waals surface area contributed by atoms with Crippen LogP contribution in [0.1, 0.15) is 79.1 Å². The van der Waals surface area contributed by atoms with Gasteiger partial charge >= 0.3 is 0 Å². The van der Waals surface area contributed by atoms with Crippen molar-refractivity contribution in [1.82, 2.24) is 0 Å². The predicted octanol–water partition coefficient (Wildman–Crippen LogP) is 1.92. The van der Waals surface area contributed by atoms with Crippen LogP contribution in [-0.2, 0) is 28.4 Å². The van der Waals surface area contributed by atoms with Crippen molar-refractivity contribution in [3.05, 3.63) is 23.8 Å². The van der Waals surface area contributed by atoms with E-state index in [1.165, 1.54) is 5.57 Å². The third kappa shape index (κ3) is 5.38. The molecular weight excluding hydrogens is 648 g/mol. The topological polar surface area (TPSA) is 177 Å². The van der Waals surface area contributed by atoms with E-state index in [2.05, 4.69) is 33.4 Å². The van der Waals surface area contributed by atoms with Crippen LogP contribution in [0.25, 0.3) is 0 Å².